The molecule has 0 aliphatic heterocycles. The Morgan fingerprint density at radius 2 is 1.75 bits per heavy atom. The Morgan fingerprint density at radius 1 is 1.00 bits per heavy atom. The fourth-order valence-corrected chi connectivity index (χ4v) is 2.97. The maximum atomic E-state index is 14.5. The Labute approximate surface area is 164 Å². The molecule has 0 unspecified atom stereocenters. The molecule has 1 aromatic heterocycles. The lowest BCUT2D eigenvalue weighted by Gasteiger charge is -2.15. The van der Waals surface area contributed by atoms with Crippen molar-refractivity contribution in [3.63, 3.8) is 0 Å². The summed E-state index contributed by atoms with van der Waals surface area (Å²) in [4.78, 5) is 11.7. The van der Waals surface area contributed by atoms with E-state index in [0.29, 0.717) is 17.3 Å². The molecule has 0 aliphatic carbocycles. The van der Waals surface area contributed by atoms with Gasteiger partial charge in [0.1, 0.15) is 17.4 Å². The molecule has 1 heterocycles. The number of hydrogen-bond acceptors (Lipinski definition) is 4. The molecule has 0 saturated carbocycles. The summed E-state index contributed by atoms with van der Waals surface area (Å²) in [5.74, 6) is -1.57. The van der Waals surface area contributed by atoms with E-state index in [1.807, 2.05) is 6.92 Å². The second kappa shape index (κ2) is 8.43. The Kier molecular flexibility index (Phi) is 5.99. The van der Waals surface area contributed by atoms with Crippen molar-refractivity contribution in [3.8, 4) is 22.6 Å². The zero-order valence-electron chi connectivity index (χ0n) is 15.1. The molecule has 0 atom stereocenters. The van der Waals surface area contributed by atoms with E-state index in [-0.39, 0.29) is 17.1 Å². The first-order chi connectivity index (χ1) is 13.4. The van der Waals surface area contributed by atoms with Gasteiger partial charge in [0, 0.05) is 47.9 Å². The molecule has 0 spiro atoms. The number of rotatable bonds is 6. The van der Waals surface area contributed by atoms with Crippen LogP contribution >= 0.6 is 11.9 Å². The van der Waals surface area contributed by atoms with Gasteiger partial charge in [0.2, 0.25) is 0 Å². The predicted octanol–water partition coefficient (Wildman–Crippen LogP) is 5.34. The summed E-state index contributed by atoms with van der Waals surface area (Å²) in [6, 6.07) is 8.70. The Morgan fingerprint density at radius 3 is 2.46 bits per heavy atom. The van der Waals surface area contributed by atoms with Gasteiger partial charge in [0.15, 0.2) is 11.6 Å². The van der Waals surface area contributed by atoms with Gasteiger partial charge >= 0.3 is 0 Å². The van der Waals surface area contributed by atoms with Crippen molar-refractivity contribution in [2.24, 2.45) is 7.05 Å². The number of aromatic nitrogens is 1. The fourth-order valence-electron chi connectivity index (χ4n) is 2.53. The molecule has 1 N–H and O–H groups in total. The van der Waals surface area contributed by atoms with E-state index in [1.54, 1.807) is 18.2 Å². The lowest BCUT2D eigenvalue weighted by molar-refractivity contribution is 0.438. The average Bonchev–Trinajstić information content (AvgIpc) is 2.66. The molecule has 0 radical (unpaired) electrons. The minimum atomic E-state index is -0.879. The van der Waals surface area contributed by atoms with Crippen LogP contribution in [0.5, 0.6) is 11.5 Å². The van der Waals surface area contributed by atoms with Crippen molar-refractivity contribution in [3.05, 3.63) is 76.5 Å². The van der Waals surface area contributed by atoms with Crippen molar-refractivity contribution in [2.45, 2.75) is 6.92 Å². The van der Waals surface area contributed by atoms with Crippen molar-refractivity contribution < 1.29 is 17.9 Å². The number of halogens is 3. The number of hydrogen-bond donors (Lipinski definition) is 1. The van der Waals surface area contributed by atoms with Crippen molar-refractivity contribution in [1.82, 2.24) is 4.57 Å². The average molecular weight is 406 g/mol. The summed E-state index contributed by atoms with van der Waals surface area (Å²) in [6.45, 7) is 1.97. The molecule has 4 nitrogen and oxygen atoms in total. The zero-order valence-corrected chi connectivity index (χ0v) is 15.9. The second-order valence-corrected chi connectivity index (χ2v) is 6.98. The van der Waals surface area contributed by atoms with E-state index in [9.17, 15) is 18.0 Å². The summed E-state index contributed by atoms with van der Waals surface area (Å²) in [7, 11) is 1.50. The molecular formula is C20H17F3N2O2S. The first kappa shape index (κ1) is 19.9. The number of anilines is 1. The first-order valence-corrected chi connectivity index (χ1v) is 9.39. The van der Waals surface area contributed by atoms with Gasteiger partial charge in [-0.25, -0.2) is 13.2 Å². The molecule has 0 aliphatic rings. The largest absolute Gasteiger partial charge is 0.454 e. The molecule has 0 bridgehead atoms. The minimum Gasteiger partial charge on any atom is -0.454 e. The topological polar surface area (TPSA) is 43.3 Å². The van der Waals surface area contributed by atoms with Crippen LogP contribution in [0, 0.1) is 17.5 Å². The highest BCUT2D eigenvalue weighted by Crippen LogP contribution is 2.37. The normalized spacial score (nSPS) is 10.8. The Bertz CT molecular complexity index is 1070. The van der Waals surface area contributed by atoms with Crippen LogP contribution in [0.25, 0.3) is 11.1 Å². The molecule has 8 heteroatoms. The number of nitrogens with zero attached hydrogens (tertiary/aromatic N) is 1. The van der Waals surface area contributed by atoms with E-state index < -0.39 is 23.0 Å². The van der Waals surface area contributed by atoms with Crippen LogP contribution in [0.3, 0.4) is 0 Å². The number of nitrogens with one attached hydrogen (secondary N) is 1. The second-order valence-electron chi connectivity index (χ2n) is 5.91. The van der Waals surface area contributed by atoms with Crippen LogP contribution < -0.4 is 15.0 Å². The molecule has 0 amide bonds. The highest BCUT2D eigenvalue weighted by atomic mass is 32.2. The van der Waals surface area contributed by atoms with Crippen LogP contribution in [0.15, 0.2) is 53.5 Å². The molecule has 3 aromatic rings. The molecule has 3 rings (SSSR count). The standard InChI is InChI=1S/C20H17F3N2O2S/c1-3-28-24-13-5-7-18(27-19-6-4-12(21)8-17(19)23)14(9-13)15-11-25(2)20(26)10-16(15)22/h4-11,24H,3H2,1-2H3. The Hall–Kier alpha value is -2.87. The monoisotopic (exact) mass is 406 g/mol. The summed E-state index contributed by atoms with van der Waals surface area (Å²) in [5.41, 5.74) is 0.620. The summed E-state index contributed by atoms with van der Waals surface area (Å²) in [5, 5.41) is 0. The maximum Gasteiger partial charge on any atom is 0.253 e. The van der Waals surface area contributed by atoms with Gasteiger partial charge in [-0.05, 0) is 30.3 Å². The van der Waals surface area contributed by atoms with Crippen LogP contribution in [0.2, 0.25) is 0 Å². The number of benzene rings is 2. The van der Waals surface area contributed by atoms with Gasteiger partial charge < -0.3 is 14.0 Å². The van der Waals surface area contributed by atoms with E-state index in [4.69, 9.17) is 4.74 Å². The smallest absolute Gasteiger partial charge is 0.253 e. The fraction of sp³-hybridized carbons (Fsp3) is 0.150. The van der Waals surface area contributed by atoms with Crippen molar-refractivity contribution >= 4 is 17.6 Å². The molecular weight excluding hydrogens is 389 g/mol. The summed E-state index contributed by atoms with van der Waals surface area (Å²) < 4.78 is 51.6. The van der Waals surface area contributed by atoms with Gasteiger partial charge in [0.25, 0.3) is 5.56 Å². The van der Waals surface area contributed by atoms with Gasteiger partial charge in [0.05, 0.1) is 0 Å². The van der Waals surface area contributed by atoms with Crippen molar-refractivity contribution in [1.29, 1.82) is 0 Å². The molecule has 0 saturated heterocycles. The third-order valence-electron chi connectivity index (χ3n) is 3.90. The third-order valence-corrected chi connectivity index (χ3v) is 4.56. The highest BCUT2D eigenvalue weighted by molar-refractivity contribution is 8.00. The van der Waals surface area contributed by atoms with E-state index in [0.717, 1.165) is 24.0 Å². The number of aryl methyl sites for hydroxylation is 1. The van der Waals surface area contributed by atoms with Crippen LogP contribution in [-0.2, 0) is 7.05 Å². The van der Waals surface area contributed by atoms with Crippen LogP contribution in [0.1, 0.15) is 6.92 Å². The maximum absolute atomic E-state index is 14.5. The summed E-state index contributed by atoms with van der Waals surface area (Å²) >= 11 is 1.45. The van der Waals surface area contributed by atoms with E-state index in [1.165, 1.54) is 29.8 Å². The molecule has 0 fully saturated rings. The van der Waals surface area contributed by atoms with E-state index >= 15 is 0 Å². The highest BCUT2D eigenvalue weighted by Gasteiger charge is 2.16. The third kappa shape index (κ3) is 4.33. The molecule has 2 aromatic carbocycles. The van der Waals surface area contributed by atoms with Crippen LogP contribution in [-0.4, -0.2) is 10.3 Å². The van der Waals surface area contributed by atoms with Crippen LogP contribution in [0.4, 0.5) is 18.9 Å². The van der Waals surface area contributed by atoms with Gasteiger partial charge in [-0.3, -0.25) is 4.79 Å². The molecule has 28 heavy (non-hydrogen) atoms. The van der Waals surface area contributed by atoms with Crippen molar-refractivity contribution in [2.75, 3.05) is 10.5 Å². The lowest BCUT2D eigenvalue weighted by atomic mass is 10.0. The quantitative estimate of drug-likeness (QED) is 0.561. The van der Waals surface area contributed by atoms with E-state index in [2.05, 4.69) is 4.72 Å². The lowest BCUT2D eigenvalue weighted by Crippen LogP contribution is -2.16. The van der Waals surface area contributed by atoms with Gasteiger partial charge in [-0.15, -0.1) is 0 Å². The van der Waals surface area contributed by atoms with Gasteiger partial charge in [-0.1, -0.05) is 18.9 Å². The molecule has 146 valence electrons. The predicted molar refractivity (Wildman–Crippen MR) is 105 cm³/mol. The number of ether oxygens (including phenoxy) is 1. The summed E-state index contributed by atoms with van der Waals surface area (Å²) in [6.07, 6.45) is 1.34. The first-order valence-electron chi connectivity index (χ1n) is 8.40. The number of pyridine rings is 1. The SMILES string of the molecule is CCSNc1ccc(Oc2ccc(F)cc2F)c(-c2cn(C)c(=O)cc2F)c1. The minimum absolute atomic E-state index is 0.116. The van der Waals surface area contributed by atoms with Gasteiger partial charge in [-0.2, -0.15) is 0 Å². The Balaban J connectivity index is 2.11. The zero-order chi connectivity index (χ0) is 20.3.